The van der Waals surface area contributed by atoms with Crippen LogP contribution in [-0.2, 0) is 0 Å². The van der Waals surface area contributed by atoms with Crippen LogP contribution in [0.15, 0.2) is 0 Å². The van der Waals surface area contributed by atoms with Crippen LogP contribution < -0.4 is 5.32 Å². The van der Waals surface area contributed by atoms with Gasteiger partial charge in [-0.25, -0.2) is 4.79 Å². The summed E-state index contributed by atoms with van der Waals surface area (Å²) in [5, 5.41) is 11.7. The first kappa shape index (κ1) is 10.8. The van der Waals surface area contributed by atoms with E-state index in [1.165, 1.54) is 12.8 Å². The van der Waals surface area contributed by atoms with E-state index in [9.17, 15) is 4.79 Å². The summed E-state index contributed by atoms with van der Waals surface area (Å²) < 4.78 is 0. The van der Waals surface area contributed by atoms with Crippen LogP contribution in [0.3, 0.4) is 0 Å². The number of hydrogen-bond donors (Lipinski definition) is 1. The van der Waals surface area contributed by atoms with Gasteiger partial charge in [-0.15, -0.1) is 0 Å². The summed E-state index contributed by atoms with van der Waals surface area (Å²) in [6, 6.07) is 2.74. The number of nitrogens with zero attached hydrogens (tertiary/aromatic N) is 3. The fourth-order valence-corrected chi connectivity index (χ4v) is 3.02. The van der Waals surface area contributed by atoms with Gasteiger partial charge in [-0.3, -0.25) is 4.90 Å². The molecule has 2 saturated heterocycles. The molecule has 3 aliphatic rings. The third kappa shape index (κ3) is 1.98. The maximum absolute atomic E-state index is 11.5. The molecule has 2 heterocycles. The molecule has 1 unspecified atom stereocenters. The second-order valence-corrected chi connectivity index (χ2v) is 5.60. The molecule has 0 aromatic carbocycles. The Hall–Kier alpha value is -1.28. The first-order valence-corrected chi connectivity index (χ1v) is 6.36. The van der Waals surface area contributed by atoms with Gasteiger partial charge in [0, 0.05) is 39.1 Å². The molecule has 1 N–H and O–H groups in total. The lowest BCUT2D eigenvalue weighted by molar-refractivity contribution is 0.105. The number of amides is 2. The van der Waals surface area contributed by atoms with Crippen LogP contribution in [0.5, 0.6) is 0 Å². The van der Waals surface area contributed by atoms with Crippen molar-refractivity contribution in [2.45, 2.75) is 25.3 Å². The second kappa shape index (κ2) is 3.88. The van der Waals surface area contributed by atoms with E-state index in [2.05, 4.69) is 16.3 Å². The van der Waals surface area contributed by atoms with Crippen LogP contribution in [0, 0.1) is 16.7 Å². The van der Waals surface area contributed by atoms with Crippen LogP contribution >= 0.6 is 0 Å². The molecule has 1 saturated carbocycles. The molecule has 1 atom stereocenters. The Bertz CT molecular complexity index is 371. The monoisotopic (exact) mass is 234 g/mol. The number of nitrogens with one attached hydrogen (secondary N) is 1. The van der Waals surface area contributed by atoms with E-state index in [-0.39, 0.29) is 11.4 Å². The number of piperazine rings is 1. The van der Waals surface area contributed by atoms with Crippen molar-refractivity contribution in [3.8, 4) is 6.07 Å². The minimum absolute atomic E-state index is 0.0906. The molecule has 0 bridgehead atoms. The fourth-order valence-electron chi connectivity index (χ4n) is 3.02. The normalized spacial score (nSPS) is 30.6. The second-order valence-electron chi connectivity index (χ2n) is 5.60. The van der Waals surface area contributed by atoms with Gasteiger partial charge in [0.1, 0.15) is 0 Å². The van der Waals surface area contributed by atoms with Crippen molar-refractivity contribution in [1.29, 1.82) is 5.26 Å². The Labute approximate surface area is 101 Å². The highest BCUT2D eigenvalue weighted by Gasteiger charge is 2.45. The summed E-state index contributed by atoms with van der Waals surface area (Å²) >= 11 is 0. The van der Waals surface area contributed by atoms with Crippen molar-refractivity contribution >= 4 is 6.03 Å². The molecule has 0 aromatic rings. The zero-order chi connectivity index (χ0) is 11.9. The van der Waals surface area contributed by atoms with E-state index in [0.717, 1.165) is 32.7 Å². The maximum atomic E-state index is 11.5. The SMILES string of the molecule is N#CCC1(CN2CCN3C(=O)NCC3C2)CC1. The molecule has 92 valence electrons. The standard InChI is InChI=1S/C12H18N4O/c13-4-3-12(1-2-12)9-15-5-6-16-10(8-15)7-14-11(16)17/h10H,1-3,5-9H2,(H,14,17). The van der Waals surface area contributed by atoms with Crippen LogP contribution in [0.2, 0.25) is 0 Å². The highest BCUT2D eigenvalue weighted by atomic mass is 16.2. The van der Waals surface area contributed by atoms with E-state index < -0.39 is 0 Å². The molecule has 0 aromatic heterocycles. The van der Waals surface area contributed by atoms with E-state index in [1.807, 2.05) is 4.90 Å². The molecule has 3 rings (SSSR count). The number of carbonyl (C=O) groups is 1. The average Bonchev–Trinajstić information content (AvgIpc) is 2.96. The van der Waals surface area contributed by atoms with Crippen molar-refractivity contribution in [3.05, 3.63) is 0 Å². The quantitative estimate of drug-likeness (QED) is 0.768. The number of urea groups is 1. The van der Waals surface area contributed by atoms with Gasteiger partial charge in [-0.2, -0.15) is 5.26 Å². The van der Waals surface area contributed by atoms with E-state index in [1.54, 1.807) is 0 Å². The minimum Gasteiger partial charge on any atom is -0.336 e. The molecule has 5 nitrogen and oxygen atoms in total. The number of rotatable bonds is 3. The van der Waals surface area contributed by atoms with Crippen molar-refractivity contribution in [1.82, 2.24) is 15.1 Å². The summed E-state index contributed by atoms with van der Waals surface area (Å²) in [7, 11) is 0. The number of carbonyl (C=O) groups excluding carboxylic acids is 1. The molecule has 1 aliphatic carbocycles. The molecule has 0 radical (unpaired) electrons. The summed E-state index contributed by atoms with van der Waals surface area (Å²) in [5.41, 5.74) is 0.285. The van der Waals surface area contributed by atoms with E-state index in [0.29, 0.717) is 12.5 Å². The van der Waals surface area contributed by atoms with Crippen LogP contribution in [0.25, 0.3) is 0 Å². The minimum atomic E-state index is 0.0906. The molecule has 17 heavy (non-hydrogen) atoms. The van der Waals surface area contributed by atoms with Crippen LogP contribution in [-0.4, -0.2) is 54.6 Å². The zero-order valence-corrected chi connectivity index (χ0v) is 9.98. The lowest BCUT2D eigenvalue weighted by Gasteiger charge is -2.37. The Morgan fingerprint density at radius 3 is 3.00 bits per heavy atom. The first-order valence-electron chi connectivity index (χ1n) is 6.36. The molecule has 2 aliphatic heterocycles. The Morgan fingerprint density at radius 1 is 1.47 bits per heavy atom. The van der Waals surface area contributed by atoms with Crippen molar-refractivity contribution in [2.75, 3.05) is 32.7 Å². The molecule has 0 spiro atoms. The highest BCUT2D eigenvalue weighted by Crippen LogP contribution is 2.49. The molecule has 5 heteroatoms. The van der Waals surface area contributed by atoms with Gasteiger partial charge in [0.15, 0.2) is 0 Å². The third-order valence-corrected chi connectivity index (χ3v) is 4.29. The molecular formula is C12H18N4O. The number of fused-ring (bicyclic) bond motifs is 1. The van der Waals surface area contributed by atoms with Crippen molar-refractivity contribution in [2.24, 2.45) is 5.41 Å². The number of hydrogen-bond acceptors (Lipinski definition) is 3. The van der Waals surface area contributed by atoms with Gasteiger partial charge in [-0.05, 0) is 18.3 Å². The lowest BCUT2D eigenvalue weighted by atomic mass is 10.0. The van der Waals surface area contributed by atoms with Crippen LogP contribution in [0.4, 0.5) is 4.79 Å². The van der Waals surface area contributed by atoms with Gasteiger partial charge in [0.2, 0.25) is 0 Å². The highest BCUT2D eigenvalue weighted by molar-refractivity contribution is 5.77. The predicted molar refractivity (Wildman–Crippen MR) is 62.2 cm³/mol. The Morgan fingerprint density at radius 2 is 2.29 bits per heavy atom. The van der Waals surface area contributed by atoms with Gasteiger partial charge in [-0.1, -0.05) is 0 Å². The summed E-state index contributed by atoms with van der Waals surface area (Å²) in [6.45, 7) is 4.57. The Balaban J connectivity index is 1.57. The topological polar surface area (TPSA) is 59.4 Å². The Kier molecular flexibility index (Phi) is 2.48. The van der Waals surface area contributed by atoms with Crippen molar-refractivity contribution < 1.29 is 4.79 Å². The summed E-state index contributed by atoms with van der Waals surface area (Å²) in [5.74, 6) is 0. The van der Waals surface area contributed by atoms with E-state index in [4.69, 9.17) is 5.26 Å². The smallest absolute Gasteiger partial charge is 0.317 e. The van der Waals surface area contributed by atoms with Gasteiger partial charge in [0.25, 0.3) is 0 Å². The molecule has 3 fully saturated rings. The maximum Gasteiger partial charge on any atom is 0.317 e. The molecule has 2 amide bonds. The van der Waals surface area contributed by atoms with Crippen molar-refractivity contribution in [3.63, 3.8) is 0 Å². The largest absolute Gasteiger partial charge is 0.336 e. The lowest BCUT2D eigenvalue weighted by Crippen LogP contribution is -2.53. The molecular weight excluding hydrogens is 216 g/mol. The number of nitriles is 1. The van der Waals surface area contributed by atoms with Gasteiger partial charge >= 0.3 is 6.03 Å². The summed E-state index contributed by atoms with van der Waals surface area (Å²) in [4.78, 5) is 15.8. The van der Waals surface area contributed by atoms with Crippen LogP contribution in [0.1, 0.15) is 19.3 Å². The summed E-state index contributed by atoms with van der Waals surface area (Å²) in [6.07, 6.45) is 3.08. The first-order chi connectivity index (χ1) is 8.22. The van der Waals surface area contributed by atoms with E-state index >= 15 is 0 Å². The van der Waals surface area contributed by atoms with Gasteiger partial charge in [0.05, 0.1) is 12.1 Å². The average molecular weight is 234 g/mol. The van der Waals surface area contributed by atoms with Gasteiger partial charge < -0.3 is 10.2 Å². The third-order valence-electron chi connectivity index (χ3n) is 4.29. The fraction of sp³-hybridized carbons (Fsp3) is 0.833. The predicted octanol–water partition coefficient (Wildman–Crippen LogP) is 0.390. The zero-order valence-electron chi connectivity index (χ0n) is 9.98.